The van der Waals surface area contributed by atoms with Crippen LogP contribution in [0.25, 0.3) is 0 Å². The molecule has 0 spiro atoms. The standard InChI is InChI=1S/C13H16BIN3O2/c1-13(2-5-20-14-13)17-11-8-10(15)9-12(16-11)18-3-6-19-7-4-18/h2,5,8-9H,3-4,6-7H2,1H3,(H,16,17). The van der Waals surface area contributed by atoms with Crippen molar-refractivity contribution >= 4 is 41.7 Å². The molecule has 0 aromatic carbocycles. The Labute approximate surface area is 133 Å². The summed E-state index contributed by atoms with van der Waals surface area (Å²) in [7, 11) is 1.77. The molecule has 1 aromatic rings. The van der Waals surface area contributed by atoms with Gasteiger partial charge in [-0.15, -0.1) is 0 Å². The number of nitrogens with one attached hydrogen (secondary N) is 1. The molecule has 20 heavy (non-hydrogen) atoms. The molecule has 105 valence electrons. The van der Waals surface area contributed by atoms with Crippen molar-refractivity contribution in [2.75, 3.05) is 36.5 Å². The first-order valence-electron chi connectivity index (χ1n) is 6.61. The highest BCUT2D eigenvalue weighted by Crippen LogP contribution is 2.24. The number of pyridine rings is 1. The molecule has 1 N–H and O–H groups in total. The van der Waals surface area contributed by atoms with E-state index >= 15 is 0 Å². The highest BCUT2D eigenvalue weighted by molar-refractivity contribution is 14.1. The molecule has 1 saturated heterocycles. The van der Waals surface area contributed by atoms with Gasteiger partial charge in [0.2, 0.25) is 0 Å². The number of hydrogen-bond acceptors (Lipinski definition) is 5. The van der Waals surface area contributed by atoms with Crippen LogP contribution < -0.4 is 10.2 Å². The molecule has 1 aromatic heterocycles. The van der Waals surface area contributed by atoms with Crippen LogP contribution in [0, 0.1) is 3.57 Å². The molecule has 0 bridgehead atoms. The highest BCUT2D eigenvalue weighted by Gasteiger charge is 2.29. The van der Waals surface area contributed by atoms with Gasteiger partial charge in [0.25, 0.3) is 0 Å². The number of aromatic nitrogens is 1. The quantitative estimate of drug-likeness (QED) is 0.637. The van der Waals surface area contributed by atoms with Gasteiger partial charge in [-0.25, -0.2) is 4.98 Å². The first kappa shape index (κ1) is 14.0. The van der Waals surface area contributed by atoms with Crippen molar-refractivity contribution in [1.82, 2.24) is 4.98 Å². The third-order valence-electron chi connectivity index (χ3n) is 3.31. The topological polar surface area (TPSA) is 46.6 Å². The van der Waals surface area contributed by atoms with Crippen molar-refractivity contribution in [1.29, 1.82) is 0 Å². The second kappa shape index (κ2) is 5.81. The molecule has 3 rings (SSSR count). The summed E-state index contributed by atoms with van der Waals surface area (Å²) in [5.41, 5.74) is -0.306. The van der Waals surface area contributed by atoms with Gasteiger partial charge in [-0.05, 0) is 47.7 Å². The SMILES string of the molecule is CC1(Nc2cc(I)cc(N3CCOCC3)n2)[B]OC=C1. The Bertz CT molecular complexity index is 522. The maximum absolute atomic E-state index is 5.39. The summed E-state index contributed by atoms with van der Waals surface area (Å²) in [6.45, 7) is 5.35. The molecule has 5 nitrogen and oxygen atoms in total. The summed E-state index contributed by atoms with van der Waals surface area (Å²) < 4.78 is 11.7. The Morgan fingerprint density at radius 1 is 1.40 bits per heavy atom. The Balaban J connectivity index is 1.80. The van der Waals surface area contributed by atoms with Crippen molar-refractivity contribution < 1.29 is 9.39 Å². The van der Waals surface area contributed by atoms with E-state index in [2.05, 4.69) is 38.9 Å². The van der Waals surface area contributed by atoms with E-state index in [9.17, 15) is 0 Å². The van der Waals surface area contributed by atoms with Crippen LogP contribution in [0.5, 0.6) is 0 Å². The van der Waals surface area contributed by atoms with Gasteiger partial charge in [0.15, 0.2) is 0 Å². The average molecular weight is 384 g/mol. The van der Waals surface area contributed by atoms with Crippen LogP contribution >= 0.6 is 22.6 Å². The molecule has 0 aliphatic carbocycles. The van der Waals surface area contributed by atoms with E-state index in [0.717, 1.165) is 41.5 Å². The molecule has 1 fully saturated rings. The molecule has 1 radical (unpaired) electrons. The van der Waals surface area contributed by atoms with Crippen molar-refractivity contribution in [3.05, 3.63) is 28.0 Å². The normalized spacial score (nSPS) is 25.2. The van der Waals surface area contributed by atoms with E-state index < -0.39 is 0 Å². The minimum absolute atomic E-state index is 0.306. The zero-order chi connectivity index (χ0) is 14.0. The summed E-state index contributed by atoms with van der Waals surface area (Å²) in [6.07, 6.45) is 3.66. The fourth-order valence-corrected chi connectivity index (χ4v) is 2.82. The fraction of sp³-hybridized carbons (Fsp3) is 0.462. The van der Waals surface area contributed by atoms with Crippen molar-refractivity contribution in [3.8, 4) is 0 Å². The zero-order valence-corrected chi connectivity index (χ0v) is 13.5. The summed E-state index contributed by atoms with van der Waals surface area (Å²) in [5.74, 6) is 1.85. The average Bonchev–Trinajstić information content (AvgIpc) is 2.85. The molecule has 0 saturated carbocycles. The second-order valence-electron chi connectivity index (χ2n) is 5.09. The highest BCUT2D eigenvalue weighted by atomic mass is 127. The van der Waals surface area contributed by atoms with Crippen LogP contribution in [0.4, 0.5) is 11.6 Å². The van der Waals surface area contributed by atoms with Crippen LogP contribution in [0.1, 0.15) is 6.92 Å². The van der Waals surface area contributed by atoms with Crippen LogP contribution in [-0.4, -0.2) is 44.2 Å². The summed E-state index contributed by atoms with van der Waals surface area (Å²) in [5, 5.41) is 3.40. The number of anilines is 2. The second-order valence-corrected chi connectivity index (χ2v) is 6.34. The molecule has 0 amide bonds. The largest absolute Gasteiger partial charge is 0.565 e. The maximum Gasteiger partial charge on any atom is 0.400 e. The predicted octanol–water partition coefficient (Wildman–Crippen LogP) is 1.81. The molecule has 2 aliphatic heterocycles. The Morgan fingerprint density at radius 2 is 2.20 bits per heavy atom. The van der Waals surface area contributed by atoms with Crippen LogP contribution in [-0.2, 0) is 9.39 Å². The Kier molecular flexibility index (Phi) is 4.07. The Hall–Kier alpha value is -0.955. The fourth-order valence-electron chi connectivity index (χ4n) is 2.25. The smallest absolute Gasteiger partial charge is 0.400 e. The number of halogens is 1. The van der Waals surface area contributed by atoms with Gasteiger partial charge in [-0.1, -0.05) is 0 Å². The van der Waals surface area contributed by atoms with Gasteiger partial charge >= 0.3 is 7.48 Å². The third kappa shape index (κ3) is 3.20. The van der Waals surface area contributed by atoms with E-state index in [-0.39, 0.29) is 5.44 Å². The molecule has 1 unspecified atom stereocenters. The van der Waals surface area contributed by atoms with Crippen molar-refractivity contribution in [2.24, 2.45) is 0 Å². The predicted molar refractivity (Wildman–Crippen MR) is 88.0 cm³/mol. The van der Waals surface area contributed by atoms with E-state index in [4.69, 9.17) is 14.4 Å². The number of hydrogen-bond donors (Lipinski definition) is 1. The van der Waals surface area contributed by atoms with Gasteiger partial charge in [-0.3, -0.25) is 0 Å². The summed E-state index contributed by atoms with van der Waals surface area (Å²) >= 11 is 2.32. The van der Waals surface area contributed by atoms with E-state index in [1.165, 1.54) is 0 Å². The minimum Gasteiger partial charge on any atom is -0.565 e. The zero-order valence-electron chi connectivity index (χ0n) is 11.3. The molecule has 3 heterocycles. The third-order valence-corrected chi connectivity index (χ3v) is 3.94. The van der Waals surface area contributed by atoms with E-state index in [1.54, 1.807) is 13.7 Å². The van der Waals surface area contributed by atoms with Gasteiger partial charge in [0.1, 0.15) is 11.6 Å². The summed E-state index contributed by atoms with van der Waals surface area (Å²) in [6, 6.07) is 4.14. The minimum atomic E-state index is -0.306. The molecular formula is C13H16BIN3O2. The van der Waals surface area contributed by atoms with Crippen molar-refractivity contribution in [3.63, 3.8) is 0 Å². The molecule has 7 heteroatoms. The molecule has 1 atom stereocenters. The monoisotopic (exact) mass is 384 g/mol. The Morgan fingerprint density at radius 3 is 2.90 bits per heavy atom. The lowest BCUT2D eigenvalue weighted by Gasteiger charge is -2.29. The number of morpholine rings is 1. The van der Waals surface area contributed by atoms with Crippen LogP contribution in [0.15, 0.2) is 24.5 Å². The maximum atomic E-state index is 5.39. The molecule has 2 aliphatic rings. The lowest BCUT2D eigenvalue weighted by Crippen LogP contribution is -2.38. The number of rotatable bonds is 3. The van der Waals surface area contributed by atoms with E-state index in [1.807, 2.05) is 19.1 Å². The van der Waals surface area contributed by atoms with Gasteiger partial charge in [0.05, 0.1) is 24.9 Å². The van der Waals surface area contributed by atoms with Crippen LogP contribution in [0.3, 0.4) is 0 Å². The van der Waals surface area contributed by atoms with Gasteiger partial charge < -0.3 is 19.6 Å². The molecular weight excluding hydrogens is 368 g/mol. The lowest BCUT2D eigenvalue weighted by molar-refractivity contribution is 0.122. The summed E-state index contributed by atoms with van der Waals surface area (Å²) in [4.78, 5) is 6.96. The number of ether oxygens (including phenoxy) is 1. The lowest BCUT2D eigenvalue weighted by atomic mass is 9.75. The first-order chi connectivity index (χ1) is 9.65. The first-order valence-corrected chi connectivity index (χ1v) is 7.69. The van der Waals surface area contributed by atoms with Crippen molar-refractivity contribution in [2.45, 2.75) is 12.4 Å². The van der Waals surface area contributed by atoms with E-state index in [0.29, 0.717) is 0 Å². The van der Waals surface area contributed by atoms with Gasteiger partial charge in [-0.2, -0.15) is 0 Å². The van der Waals surface area contributed by atoms with Gasteiger partial charge in [0, 0.05) is 16.7 Å². The van der Waals surface area contributed by atoms with Crippen LogP contribution in [0.2, 0.25) is 0 Å². The number of nitrogens with zero attached hydrogens (tertiary/aromatic N) is 2.